The van der Waals surface area contributed by atoms with Gasteiger partial charge in [-0.15, -0.1) is 0 Å². The Bertz CT molecular complexity index is 2610. The number of carbonyl (C=O) groups excluding carboxylic acids is 2. The van der Waals surface area contributed by atoms with E-state index in [9.17, 15) is 49.1 Å². The van der Waals surface area contributed by atoms with Gasteiger partial charge in [0.1, 0.15) is 27.2 Å². The number of nitrogens with zero attached hydrogens (tertiary/aromatic N) is 4. The minimum absolute atomic E-state index is 0.0170. The van der Waals surface area contributed by atoms with Crippen LogP contribution in [0.15, 0.2) is 113 Å². The van der Waals surface area contributed by atoms with Crippen molar-refractivity contribution in [1.82, 2.24) is 19.6 Å². The zero-order valence-electron chi connectivity index (χ0n) is 27.9. The summed E-state index contributed by atoms with van der Waals surface area (Å²) >= 11 is 0. The summed E-state index contributed by atoms with van der Waals surface area (Å²) in [6, 6.07) is 16.7. The molecular weight excluding hydrogens is 773 g/mol. The van der Waals surface area contributed by atoms with Gasteiger partial charge in [-0.2, -0.15) is 10.2 Å². The zero-order valence-corrected chi connectivity index (χ0v) is 29.5. The van der Waals surface area contributed by atoms with Crippen molar-refractivity contribution in [3.05, 3.63) is 138 Å². The Hall–Kier alpha value is -6.42. The fraction of sp³-hybridized carbons (Fsp3) is 0.0588. The van der Waals surface area contributed by atoms with Crippen LogP contribution in [0.1, 0.15) is 11.1 Å². The van der Waals surface area contributed by atoms with Crippen molar-refractivity contribution in [2.24, 2.45) is 10.3 Å². The Morgan fingerprint density at radius 1 is 0.636 bits per heavy atom. The van der Waals surface area contributed by atoms with Gasteiger partial charge in [0.05, 0.1) is 49.0 Å². The highest BCUT2D eigenvalue weighted by atomic mass is 32.2. The topological polar surface area (TPSA) is 234 Å². The third-order valence-electron chi connectivity index (χ3n) is 7.33. The van der Waals surface area contributed by atoms with Gasteiger partial charge in [0.25, 0.3) is 0 Å². The molecule has 2 amide bonds. The van der Waals surface area contributed by atoms with Gasteiger partial charge < -0.3 is 15.7 Å². The number of benzene rings is 4. The Kier molecular flexibility index (Phi) is 11.8. The van der Waals surface area contributed by atoms with Crippen molar-refractivity contribution < 1.29 is 49.1 Å². The highest BCUT2D eigenvalue weighted by Gasteiger charge is 2.20. The number of hydrogen-bond acceptors (Lipinski definition) is 9. The molecule has 0 atom stereocenters. The summed E-state index contributed by atoms with van der Waals surface area (Å²) in [6.45, 7) is 0. The van der Waals surface area contributed by atoms with Gasteiger partial charge in [-0.1, -0.05) is 18.2 Å². The monoisotopic (exact) mass is 800 g/mol. The molecule has 6 rings (SSSR count). The molecule has 0 fully saturated rings. The van der Waals surface area contributed by atoms with Gasteiger partial charge >= 0.3 is 0 Å². The van der Waals surface area contributed by atoms with Crippen LogP contribution < -0.4 is 20.9 Å². The lowest BCUT2D eigenvalue weighted by Crippen LogP contribution is -2.18. The van der Waals surface area contributed by atoms with Crippen LogP contribution >= 0.6 is 0 Å². The fourth-order valence-electron chi connectivity index (χ4n) is 5.03. The molecule has 7 N–H and O–H groups in total. The summed E-state index contributed by atoms with van der Waals surface area (Å²) in [4.78, 5) is 23.6. The first-order valence-corrected chi connectivity index (χ1v) is 18.5. The van der Waals surface area contributed by atoms with E-state index in [2.05, 4.69) is 20.8 Å². The molecule has 6 aromatic rings. The number of sulfonamides is 2. The third-order valence-corrected chi connectivity index (χ3v) is 9.21. The summed E-state index contributed by atoms with van der Waals surface area (Å²) in [5, 5.41) is 32.5. The van der Waals surface area contributed by atoms with E-state index in [1.54, 1.807) is 18.2 Å². The second-order valence-corrected chi connectivity index (χ2v) is 14.6. The number of anilines is 2. The number of primary sulfonamides is 2. The second-order valence-electron chi connectivity index (χ2n) is 11.5. The molecule has 0 aliphatic rings. The molecule has 0 bridgehead atoms. The number of nitrogens with two attached hydrogens (primary N) is 2. The first kappa shape index (κ1) is 39.8. The Labute approximate surface area is 309 Å². The molecule has 0 unspecified atom stereocenters. The first-order valence-electron chi connectivity index (χ1n) is 15.4. The molecule has 0 saturated carbocycles. The van der Waals surface area contributed by atoms with Crippen LogP contribution in [0.2, 0.25) is 0 Å². The van der Waals surface area contributed by atoms with Crippen molar-refractivity contribution in [1.29, 1.82) is 0 Å². The summed E-state index contributed by atoms with van der Waals surface area (Å²) in [7, 11) is -8.41. The number of carbonyl (C=O) groups is 2. The molecule has 2 heterocycles. The van der Waals surface area contributed by atoms with E-state index in [0.717, 1.165) is 58.4 Å². The standard InChI is InChI=1S/C17H13F3N4O3S.C17H15FN4O4S/c18-11-3-10(4-12(19)6-11)5-17(25)23-14-1-2-15(16(7-14)28(21,26)27)24-9-13(20)8-22-24;18-12-9-20-22(10-12)14-6-5-13(8-16(14)27(19,25)26)21-17(24)7-11-3-1-2-4-15(11)23/h1-4,6-9H,5H2,(H,23,25)(H2,21,26,27);1-6,8-10,23H,7H2,(H,21,24)(H2,19,25,26). The number of nitrogens with one attached hydrogen (secondary N) is 2. The number of aromatic nitrogens is 4. The predicted molar refractivity (Wildman–Crippen MR) is 189 cm³/mol. The van der Waals surface area contributed by atoms with Crippen LogP contribution in [0.5, 0.6) is 5.75 Å². The largest absolute Gasteiger partial charge is 0.508 e. The molecule has 21 heteroatoms. The molecule has 0 radical (unpaired) electrons. The number of aromatic hydroxyl groups is 1. The summed E-state index contributed by atoms with van der Waals surface area (Å²) < 4.78 is 102. The fourth-order valence-corrected chi connectivity index (χ4v) is 6.51. The Morgan fingerprint density at radius 2 is 1.09 bits per heavy atom. The minimum atomic E-state index is -4.23. The van der Waals surface area contributed by atoms with Gasteiger partial charge in [-0.3, -0.25) is 9.59 Å². The quantitative estimate of drug-likeness (QED) is 0.127. The molecule has 55 heavy (non-hydrogen) atoms. The highest BCUT2D eigenvalue weighted by Crippen LogP contribution is 2.25. The summed E-state index contributed by atoms with van der Waals surface area (Å²) in [6.07, 6.45) is 3.33. The Morgan fingerprint density at radius 3 is 1.51 bits per heavy atom. The van der Waals surface area contributed by atoms with E-state index in [1.165, 1.54) is 30.3 Å². The van der Waals surface area contributed by atoms with Crippen LogP contribution in [0.3, 0.4) is 0 Å². The van der Waals surface area contributed by atoms with E-state index in [4.69, 9.17) is 10.3 Å². The van der Waals surface area contributed by atoms with Gasteiger partial charge in [0.2, 0.25) is 31.9 Å². The maximum atomic E-state index is 13.2. The van der Waals surface area contributed by atoms with E-state index in [0.29, 0.717) is 11.6 Å². The molecule has 15 nitrogen and oxygen atoms in total. The van der Waals surface area contributed by atoms with Crippen LogP contribution in [-0.2, 0) is 42.5 Å². The minimum Gasteiger partial charge on any atom is -0.508 e. The van der Waals surface area contributed by atoms with Crippen molar-refractivity contribution in [2.45, 2.75) is 22.6 Å². The number of phenols is 1. The van der Waals surface area contributed by atoms with Crippen LogP contribution in [0, 0.1) is 23.3 Å². The molecule has 0 saturated heterocycles. The van der Waals surface area contributed by atoms with Gasteiger partial charge in [0.15, 0.2) is 11.6 Å². The van der Waals surface area contributed by atoms with Crippen LogP contribution in [0.25, 0.3) is 11.4 Å². The zero-order chi connectivity index (χ0) is 40.1. The number of amides is 2. The molecule has 0 aliphatic carbocycles. The van der Waals surface area contributed by atoms with Crippen molar-refractivity contribution in [2.75, 3.05) is 10.6 Å². The highest BCUT2D eigenvalue weighted by molar-refractivity contribution is 7.89. The number of rotatable bonds is 10. The maximum Gasteiger partial charge on any atom is 0.240 e. The normalized spacial score (nSPS) is 11.4. The van der Waals surface area contributed by atoms with E-state index >= 15 is 0 Å². The predicted octanol–water partition coefficient (Wildman–Crippen LogP) is 3.66. The Balaban J connectivity index is 0.000000211. The summed E-state index contributed by atoms with van der Waals surface area (Å²) in [5.41, 5.74) is 0.797. The number of phenolic OH excluding ortho intramolecular Hbond substituents is 1. The second kappa shape index (κ2) is 16.3. The summed E-state index contributed by atoms with van der Waals surface area (Å²) in [5.74, 6) is -4.09. The van der Waals surface area contributed by atoms with E-state index < -0.39 is 60.0 Å². The van der Waals surface area contributed by atoms with Crippen LogP contribution in [-0.4, -0.2) is 53.3 Å². The molecule has 4 aromatic carbocycles. The third kappa shape index (κ3) is 10.6. The number of hydrogen-bond donors (Lipinski definition) is 5. The first-order chi connectivity index (χ1) is 25.8. The average molecular weight is 801 g/mol. The van der Waals surface area contributed by atoms with Gasteiger partial charge in [-0.05, 0) is 60.2 Å². The molecule has 2 aromatic heterocycles. The molecule has 0 aliphatic heterocycles. The van der Waals surface area contributed by atoms with Crippen LogP contribution in [0.4, 0.5) is 28.9 Å². The molecular formula is C34H28F4N8O7S2. The lowest BCUT2D eigenvalue weighted by atomic mass is 10.1. The SMILES string of the molecule is NS(=O)(=O)c1cc(NC(=O)Cc2cc(F)cc(F)c2)ccc1-n1cc(F)cn1.NS(=O)(=O)c1cc(NC(=O)Cc2ccccc2O)ccc1-n1cc(F)cn1. The van der Waals surface area contributed by atoms with Crippen molar-refractivity contribution in [3.8, 4) is 17.1 Å². The van der Waals surface area contributed by atoms with Gasteiger partial charge in [0, 0.05) is 23.0 Å². The lowest BCUT2D eigenvalue weighted by molar-refractivity contribution is -0.116. The maximum absolute atomic E-state index is 13.2. The lowest BCUT2D eigenvalue weighted by Gasteiger charge is -2.11. The van der Waals surface area contributed by atoms with Crippen molar-refractivity contribution in [3.63, 3.8) is 0 Å². The van der Waals surface area contributed by atoms with Gasteiger partial charge in [-0.25, -0.2) is 54.0 Å². The van der Waals surface area contributed by atoms with E-state index in [-0.39, 0.29) is 51.8 Å². The molecule has 286 valence electrons. The number of para-hydroxylation sites is 1. The van der Waals surface area contributed by atoms with Crippen molar-refractivity contribution >= 4 is 43.2 Å². The average Bonchev–Trinajstić information content (AvgIpc) is 3.72. The smallest absolute Gasteiger partial charge is 0.240 e. The molecule has 0 spiro atoms. The number of halogens is 4. The van der Waals surface area contributed by atoms with E-state index in [1.807, 2.05) is 0 Å².